The number of aromatic amines is 1. The van der Waals surface area contributed by atoms with Crippen molar-refractivity contribution >= 4 is 10.9 Å². The Bertz CT molecular complexity index is 403. The van der Waals surface area contributed by atoms with Crippen LogP contribution < -0.4 is 4.74 Å². The molecule has 1 radical (unpaired) electrons. The van der Waals surface area contributed by atoms with Gasteiger partial charge in [-0.05, 0) is 18.6 Å². The Morgan fingerprint density at radius 3 is 3.00 bits per heavy atom. The Morgan fingerprint density at radius 2 is 2.25 bits per heavy atom. The van der Waals surface area contributed by atoms with Crippen molar-refractivity contribution in [2.75, 3.05) is 7.11 Å². The van der Waals surface area contributed by atoms with Gasteiger partial charge in [-0.2, -0.15) is 0 Å². The molecule has 1 heterocycles. The predicted molar refractivity (Wildman–Crippen MR) is 48.4 cm³/mol. The summed E-state index contributed by atoms with van der Waals surface area (Å²) < 4.78 is 5.19. The van der Waals surface area contributed by atoms with E-state index in [-0.39, 0.29) is 0 Å². The third kappa shape index (κ3) is 0.961. The number of nitrogens with one attached hydrogen (secondary N) is 1. The standard InChI is InChI=1S/C10H10NO/c1-7-5-8-3-4-11-9(8)6-10(7)12-2/h4-6,11H,1-2H3. The molecule has 61 valence electrons. The fourth-order valence-electron chi connectivity index (χ4n) is 1.34. The van der Waals surface area contributed by atoms with Crippen molar-refractivity contribution < 1.29 is 4.74 Å². The maximum atomic E-state index is 5.19. The van der Waals surface area contributed by atoms with E-state index in [1.807, 2.05) is 19.2 Å². The highest BCUT2D eigenvalue weighted by Gasteiger charge is 2.01. The average molecular weight is 160 g/mol. The minimum absolute atomic E-state index is 0.915. The van der Waals surface area contributed by atoms with Crippen LogP contribution in [-0.4, -0.2) is 12.1 Å². The first-order valence-electron chi connectivity index (χ1n) is 3.84. The Labute approximate surface area is 71.2 Å². The second-order valence-corrected chi connectivity index (χ2v) is 2.80. The molecule has 0 saturated carbocycles. The molecule has 1 aromatic carbocycles. The summed E-state index contributed by atoms with van der Waals surface area (Å²) in [7, 11) is 1.68. The van der Waals surface area contributed by atoms with Crippen LogP contribution in [0.2, 0.25) is 0 Å². The maximum Gasteiger partial charge on any atom is 0.123 e. The molecule has 0 aliphatic rings. The van der Waals surface area contributed by atoms with Crippen LogP contribution >= 0.6 is 0 Å². The molecule has 0 saturated heterocycles. The van der Waals surface area contributed by atoms with Crippen LogP contribution in [0.15, 0.2) is 18.3 Å². The number of benzene rings is 1. The number of aryl methyl sites for hydroxylation is 1. The highest BCUT2D eigenvalue weighted by molar-refractivity contribution is 5.81. The lowest BCUT2D eigenvalue weighted by Gasteiger charge is -2.03. The molecule has 1 aromatic heterocycles. The quantitative estimate of drug-likeness (QED) is 0.680. The Hall–Kier alpha value is -1.44. The van der Waals surface area contributed by atoms with Gasteiger partial charge in [-0.25, -0.2) is 0 Å². The van der Waals surface area contributed by atoms with E-state index in [9.17, 15) is 0 Å². The van der Waals surface area contributed by atoms with Gasteiger partial charge in [0, 0.05) is 29.2 Å². The van der Waals surface area contributed by atoms with Crippen LogP contribution in [0.5, 0.6) is 5.75 Å². The third-order valence-corrected chi connectivity index (χ3v) is 1.99. The number of ether oxygens (including phenoxy) is 1. The van der Waals surface area contributed by atoms with Crippen LogP contribution in [0.4, 0.5) is 0 Å². The van der Waals surface area contributed by atoms with E-state index in [1.165, 1.54) is 0 Å². The molecule has 0 bridgehead atoms. The molecule has 12 heavy (non-hydrogen) atoms. The molecule has 2 nitrogen and oxygen atoms in total. The first-order chi connectivity index (χ1) is 5.81. The number of hydrogen-bond acceptors (Lipinski definition) is 1. The van der Waals surface area contributed by atoms with Gasteiger partial charge >= 0.3 is 0 Å². The number of fused-ring (bicyclic) bond motifs is 1. The topological polar surface area (TPSA) is 25.0 Å². The molecular formula is C10H10NO. The van der Waals surface area contributed by atoms with Crippen molar-refractivity contribution in [2.24, 2.45) is 0 Å². The zero-order chi connectivity index (χ0) is 8.55. The highest BCUT2D eigenvalue weighted by atomic mass is 16.5. The van der Waals surface area contributed by atoms with E-state index < -0.39 is 0 Å². The molecule has 2 aromatic rings. The molecule has 0 aliphatic heterocycles. The predicted octanol–water partition coefficient (Wildman–Crippen LogP) is 2.29. The van der Waals surface area contributed by atoms with Crippen molar-refractivity contribution in [3.8, 4) is 5.75 Å². The first kappa shape index (κ1) is 7.22. The zero-order valence-corrected chi connectivity index (χ0v) is 7.14. The normalized spacial score (nSPS) is 10.5. The molecule has 0 unspecified atom stereocenters. The number of methoxy groups -OCH3 is 1. The Morgan fingerprint density at radius 1 is 1.42 bits per heavy atom. The van der Waals surface area contributed by atoms with Crippen LogP contribution in [0, 0.1) is 13.0 Å². The Balaban J connectivity index is 2.73. The minimum Gasteiger partial charge on any atom is -0.496 e. The number of rotatable bonds is 1. The number of hydrogen-bond donors (Lipinski definition) is 1. The monoisotopic (exact) mass is 160 g/mol. The van der Waals surface area contributed by atoms with E-state index >= 15 is 0 Å². The molecule has 0 fully saturated rings. The van der Waals surface area contributed by atoms with Crippen LogP contribution in [0.25, 0.3) is 10.9 Å². The van der Waals surface area contributed by atoms with Gasteiger partial charge in [0.25, 0.3) is 0 Å². The van der Waals surface area contributed by atoms with Gasteiger partial charge in [0.1, 0.15) is 5.75 Å². The van der Waals surface area contributed by atoms with Gasteiger partial charge in [0.15, 0.2) is 0 Å². The lowest BCUT2D eigenvalue weighted by atomic mass is 10.1. The summed E-state index contributed by atoms with van der Waals surface area (Å²) in [6.07, 6.45) is 1.81. The summed E-state index contributed by atoms with van der Waals surface area (Å²) in [6.45, 7) is 2.03. The van der Waals surface area contributed by atoms with Gasteiger partial charge in [0.05, 0.1) is 7.11 Å². The van der Waals surface area contributed by atoms with Crippen LogP contribution in [0.3, 0.4) is 0 Å². The fraction of sp³-hybridized carbons (Fsp3) is 0.200. The maximum absolute atomic E-state index is 5.19. The van der Waals surface area contributed by atoms with Crippen molar-refractivity contribution in [1.29, 1.82) is 0 Å². The third-order valence-electron chi connectivity index (χ3n) is 1.99. The minimum atomic E-state index is 0.915. The lowest BCUT2D eigenvalue weighted by molar-refractivity contribution is 0.412. The number of aromatic nitrogens is 1. The van der Waals surface area contributed by atoms with Gasteiger partial charge in [-0.15, -0.1) is 0 Å². The van der Waals surface area contributed by atoms with E-state index in [1.54, 1.807) is 7.11 Å². The van der Waals surface area contributed by atoms with E-state index in [2.05, 4.69) is 17.1 Å². The summed E-state index contributed by atoms with van der Waals surface area (Å²) in [5.41, 5.74) is 2.21. The second-order valence-electron chi connectivity index (χ2n) is 2.80. The SMILES string of the molecule is COc1cc2[nH]c[c]c2cc1C. The van der Waals surface area contributed by atoms with Crippen molar-refractivity contribution in [1.82, 2.24) is 4.98 Å². The average Bonchev–Trinajstić information content (AvgIpc) is 2.49. The van der Waals surface area contributed by atoms with Gasteiger partial charge in [-0.3, -0.25) is 0 Å². The van der Waals surface area contributed by atoms with E-state index in [4.69, 9.17) is 4.74 Å². The summed E-state index contributed by atoms with van der Waals surface area (Å²) in [4.78, 5) is 3.09. The first-order valence-corrected chi connectivity index (χ1v) is 3.84. The molecule has 2 heteroatoms. The highest BCUT2D eigenvalue weighted by Crippen LogP contribution is 2.23. The fourth-order valence-corrected chi connectivity index (χ4v) is 1.34. The summed E-state index contributed by atoms with van der Waals surface area (Å²) in [6, 6.07) is 7.15. The second kappa shape index (κ2) is 2.55. The molecule has 0 atom stereocenters. The summed E-state index contributed by atoms with van der Waals surface area (Å²) in [5.74, 6) is 0.915. The molecule has 0 spiro atoms. The van der Waals surface area contributed by atoms with E-state index in [0.29, 0.717) is 0 Å². The summed E-state index contributed by atoms with van der Waals surface area (Å²) >= 11 is 0. The molecule has 2 rings (SSSR count). The number of H-pyrrole nitrogens is 1. The van der Waals surface area contributed by atoms with Gasteiger partial charge < -0.3 is 9.72 Å². The van der Waals surface area contributed by atoms with Crippen molar-refractivity contribution in [2.45, 2.75) is 6.92 Å². The van der Waals surface area contributed by atoms with Crippen LogP contribution in [0.1, 0.15) is 5.56 Å². The van der Waals surface area contributed by atoms with Crippen LogP contribution in [-0.2, 0) is 0 Å². The van der Waals surface area contributed by atoms with Crippen molar-refractivity contribution in [3.63, 3.8) is 0 Å². The lowest BCUT2D eigenvalue weighted by Crippen LogP contribution is -1.86. The van der Waals surface area contributed by atoms with E-state index in [0.717, 1.165) is 22.2 Å². The van der Waals surface area contributed by atoms with Gasteiger partial charge in [-0.1, -0.05) is 0 Å². The molecule has 1 N–H and O–H groups in total. The zero-order valence-electron chi connectivity index (χ0n) is 7.14. The van der Waals surface area contributed by atoms with Gasteiger partial charge in [0.2, 0.25) is 0 Å². The smallest absolute Gasteiger partial charge is 0.123 e. The van der Waals surface area contributed by atoms with Crippen molar-refractivity contribution in [3.05, 3.63) is 30.0 Å². The molecule has 0 aliphatic carbocycles. The largest absolute Gasteiger partial charge is 0.496 e. The molecule has 0 amide bonds. The Kier molecular flexibility index (Phi) is 1.54. The summed E-state index contributed by atoms with van der Waals surface area (Å²) in [5, 5.41) is 1.10. The molecular weight excluding hydrogens is 150 g/mol.